The van der Waals surface area contributed by atoms with Crippen molar-refractivity contribution in [1.29, 1.82) is 0 Å². The van der Waals surface area contributed by atoms with Crippen molar-refractivity contribution in [2.75, 3.05) is 6.54 Å². The van der Waals surface area contributed by atoms with Gasteiger partial charge in [-0.3, -0.25) is 4.79 Å². The van der Waals surface area contributed by atoms with E-state index in [0.717, 1.165) is 47.3 Å². The highest BCUT2D eigenvalue weighted by Crippen LogP contribution is 2.31. The Hall–Kier alpha value is -0.580. The predicted octanol–water partition coefficient (Wildman–Crippen LogP) is 4.64. The molecule has 1 aromatic carbocycles. The molecule has 0 amide bonds. The van der Waals surface area contributed by atoms with Crippen LogP contribution in [-0.2, 0) is 4.79 Å². The Morgan fingerprint density at radius 3 is 2.86 bits per heavy atom. The van der Waals surface area contributed by atoms with Crippen molar-refractivity contribution in [3.63, 3.8) is 0 Å². The molecular formula is C16H21BrClNO2. The van der Waals surface area contributed by atoms with Crippen molar-refractivity contribution in [2.24, 2.45) is 11.8 Å². The molecule has 1 fully saturated rings. The molecular weight excluding hydrogens is 354 g/mol. The smallest absolute Gasteiger partial charge is 0.306 e. The molecule has 21 heavy (non-hydrogen) atoms. The predicted molar refractivity (Wildman–Crippen MR) is 88.7 cm³/mol. The number of benzene rings is 1. The maximum absolute atomic E-state index is 11.3. The van der Waals surface area contributed by atoms with Crippen LogP contribution in [0.4, 0.5) is 0 Å². The fourth-order valence-electron chi connectivity index (χ4n) is 3.07. The molecule has 1 aromatic rings. The summed E-state index contributed by atoms with van der Waals surface area (Å²) >= 11 is 9.66. The standard InChI is InChI=1S/C16H21BrClNO2/c1-10(13-7-6-12(17)8-15(13)18)19-9-11-4-2-3-5-14(11)16(20)21/h6-8,10-11,14,19H,2-5,9H2,1H3,(H,20,21). The molecule has 0 radical (unpaired) electrons. The first-order valence-corrected chi connectivity index (χ1v) is 8.57. The minimum Gasteiger partial charge on any atom is -0.481 e. The van der Waals surface area contributed by atoms with Crippen molar-refractivity contribution in [3.05, 3.63) is 33.3 Å². The van der Waals surface area contributed by atoms with Crippen LogP contribution in [0.5, 0.6) is 0 Å². The minimum absolute atomic E-state index is 0.113. The monoisotopic (exact) mass is 373 g/mol. The van der Waals surface area contributed by atoms with E-state index in [2.05, 4.69) is 28.2 Å². The minimum atomic E-state index is -0.657. The van der Waals surface area contributed by atoms with Crippen molar-refractivity contribution in [2.45, 2.75) is 38.6 Å². The number of aliphatic carboxylic acids is 1. The molecule has 1 aliphatic rings. The summed E-state index contributed by atoms with van der Waals surface area (Å²) in [6.07, 6.45) is 3.95. The Morgan fingerprint density at radius 2 is 2.19 bits per heavy atom. The fraction of sp³-hybridized carbons (Fsp3) is 0.562. The van der Waals surface area contributed by atoms with Crippen molar-refractivity contribution in [3.8, 4) is 0 Å². The van der Waals surface area contributed by atoms with Crippen LogP contribution in [0.15, 0.2) is 22.7 Å². The second kappa shape index (κ2) is 7.61. The number of hydrogen-bond donors (Lipinski definition) is 2. The number of carboxylic acids is 1. The van der Waals surface area contributed by atoms with Crippen molar-refractivity contribution in [1.82, 2.24) is 5.32 Å². The summed E-state index contributed by atoms with van der Waals surface area (Å²) < 4.78 is 0.960. The molecule has 2 N–H and O–H groups in total. The average molecular weight is 375 g/mol. The summed E-state index contributed by atoms with van der Waals surface area (Å²) in [5.41, 5.74) is 1.04. The van der Waals surface area contributed by atoms with Crippen LogP contribution in [0.2, 0.25) is 5.02 Å². The van der Waals surface area contributed by atoms with Gasteiger partial charge in [0.05, 0.1) is 5.92 Å². The van der Waals surface area contributed by atoms with Crippen LogP contribution in [0.1, 0.15) is 44.2 Å². The summed E-state index contributed by atoms with van der Waals surface area (Å²) in [6, 6.07) is 5.97. The van der Waals surface area contributed by atoms with Crippen LogP contribution >= 0.6 is 27.5 Å². The highest BCUT2D eigenvalue weighted by atomic mass is 79.9. The maximum Gasteiger partial charge on any atom is 0.306 e. The molecule has 116 valence electrons. The van der Waals surface area contributed by atoms with Gasteiger partial charge in [0, 0.05) is 15.5 Å². The molecule has 0 aliphatic heterocycles. The number of halogens is 2. The van der Waals surface area contributed by atoms with Gasteiger partial charge in [-0.1, -0.05) is 46.4 Å². The molecule has 0 heterocycles. The van der Waals surface area contributed by atoms with Gasteiger partial charge in [-0.2, -0.15) is 0 Å². The Kier molecular flexibility index (Phi) is 6.08. The molecule has 0 aromatic heterocycles. The summed E-state index contributed by atoms with van der Waals surface area (Å²) in [5.74, 6) is -0.650. The molecule has 0 spiro atoms. The number of nitrogens with one attached hydrogen (secondary N) is 1. The molecule has 1 saturated carbocycles. The largest absolute Gasteiger partial charge is 0.481 e. The summed E-state index contributed by atoms with van der Waals surface area (Å²) in [7, 11) is 0. The molecule has 0 saturated heterocycles. The van der Waals surface area contributed by atoms with E-state index in [1.165, 1.54) is 0 Å². The lowest BCUT2D eigenvalue weighted by atomic mass is 9.79. The van der Waals surface area contributed by atoms with Crippen LogP contribution in [0.25, 0.3) is 0 Å². The van der Waals surface area contributed by atoms with Gasteiger partial charge in [0.1, 0.15) is 0 Å². The zero-order chi connectivity index (χ0) is 15.4. The first kappa shape index (κ1) is 16.8. The first-order chi connectivity index (χ1) is 9.99. The second-order valence-electron chi connectivity index (χ2n) is 5.79. The molecule has 2 rings (SSSR count). The van der Waals surface area contributed by atoms with Crippen LogP contribution in [-0.4, -0.2) is 17.6 Å². The van der Waals surface area contributed by atoms with E-state index in [0.29, 0.717) is 0 Å². The van der Waals surface area contributed by atoms with E-state index in [1.54, 1.807) is 0 Å². The fourth-order valence-corrected chi connectivity index (χ4v) is 3.90. The van der Waals surface area contributed by atoms with Gasteiger partial charge in [0.25, 0.3) is 0 Å². The summed E-state index contributed by atoms with van der Waals surface area (Å²) in [4.78, 5) is 11.3. The third kappa shape index (κ3) is 4.44. The van der Waals surface area contributed by atoms with Gasteiger partial charge in [0.15, 0.2) is 0 Å². The SMILES string of the molecule is CC(NCC1CCCCC1C(=O)O)c1ccc(Br)cc1Cl. The van der Waals surface area contributed by atoms with E-state index >= 15 is 0 Å². The first-order valence-electron chi connectivity index (χ1n) is 7.40. The lowest BCUT2D eigenvalue weighted by molar-refractivity contribution is -0.144. The third-order valence-corrected chi connectivity index (χ3v) is 5.16. The maximum atomic E-state index is 11.3. The number of rotatable bonds is 5. The van der Waals surface area contributed by atoms with Crippen LogP contribution in [0, 0.1) is 11.8 Å². The highest BCUT2D eigenvalue weighted by molar-refractivity contribution is 9.10. The average Bonchev–Trinajstić information content (AvgIpc) is 2.45. The van der Waals surface area contributed by atoms with Gasteiger partial charge in [-0.05, 0) is 49.9 Å². The quantitative estimate of drug-likeness (QED) is 0.789. The van der Waals surface area contributed by atoms with Gasteiger partial charge in [-0.15, -0.1) is 0 Å². The zero-order valence-electron chi connectivity index (χ0n) is 12.1. The molecule has 3 unspecified atom stereocenters. The van der Waals surface area contributed by atoms with E-state index < -0.39 is 5.97 Å². The van der Waals surface area contributed by atoms with Crippen molar-refractivity contribution < 1.29 is 9.90 Å². The van der Waals surface area contributed by atoms with Crippen molar-refractivity contribution >= 4 is 33.5 Å². The van der Waals surface area contributed by atoms with Crippen LogP contribution in [0.3, 0.4) is 0 Å². The summed E-state index contributed by atoms with van der Waals surface area (Å²) in [5, 5.41) is 13.5. The highest BCUT2D eigenvalue weighted by Gasteiger charge is 2.30. The molecule has 0 bridgehead atoms. The Morgan fingerprint density at radius 1 is 1.48 bits per heavy atom. The molecule has 3 atom stereocenters. The lowest BCUT2D eigenvalue weighted by Crippen LogP contribution is -2.35. The normalized spacial score (nSPS) is 23.8. The third-order valence-electron chi connectivity index (χ3n) is 4.34. The summed E-state index contributed by atoms with van der Waals surface area (Å²) in [6.45, 7) is 2.79. The lowest BCUT2D eigenvalue weighted by Gasteiger charge is -2.30. The Balaban J connectivity index is 1.96. The van der Waals surface area contributed by atoms with Gasteiger partial charge in [0.2, 0.25) is 0 Å². The topological polar surface area (TPSA) is 49.3 Å². The van der Waals surface area contributed by atoms with Crippen LogP contribution < -0.4 is 5.32 Å². The van der Waals surface area contributed by atoms with E-state index in [1.807, 2.05) is 18.2 Å². The van der Waals surface area contributed by atoms with E-state index in [4.69, 9.17) is 11.6 Å². The van der Waals surface area contributed by atoms with Gasteiger partial charge in [-0.25, -0.2) is 0 Å². The van der Waals surface area contributed by atoms with Gasteiger partial charge < -0.3 is 10.4 Å². The molecule has 3 nitrogen and oxygen atoms in total. The van der Waals surface area contributed by atoms with Gasteiger partial charge >= 0.3 is 5.97 Å². The second-order valence-corrected chi connectivity index (χ2v) is 7.11. The number of carbonyl (C=O) groups is 1. The Bertz CT molecular complexity index is 509. The van der Waals surface area contributed by atoms with E-state index in [-0.39, 0.29) is 17.9 Å². The Labute approximate surface area is 139 Å². The number of hydrogen-bond acceptors (Lipinski definition) is 2. The van der Waals surface area contributed by atoms with E-state index in [9.17, 15) is 9.90 Å². The molecule has 5 heteroatoms. The zero-order valence-corrected chi connectivity index (χ0v) is 14.5. The molecule has 1 aliphatic carbocycles. The number of carboxylic acid groups (broad SMARTS) is 1.